The molecule has 1 heterocycles. The van der Waals surface area contributed by atoms with E-state index in [1.165, 1.54) is 7.11 Å². The monoisotopic (exact) mass is 491 g/mol. The first kappa shape index (κ1) is 26.7. The molecule has 0 unspecified atom stereocenters. The number of amides is 2. The summed E-state index contributed by atoms with van der Waals surface area (Å²) < 4.78 is 4.81. The van der Waals surface area contributed by atoms with Crippen LogP contribution in [-0.4, -0.2) is 47.7 Å². The van der Waals surface area contributed by atoms with Crippen LogP contribution in [0.3, 0.4) is 0 Å². The number of rotatable bonds is 10. The van der Waals surface area contributed by atoms with Gasteiger partial charge >= 0.3 is 5.97 Å². The minimum Gasteiger partial charge on any atom is -0.467 e. The number of esters is 1. The molecule has 0 saturated heterocycles. The number of methoxy groups -OCH3 is 1. The zero-order valence-corrected chi connectivity index (χ0v) is 21.3. The molecule has 3 aromatic rings. The number of benzene rings is 2. The Labute approximate surface area is 210 Å². The molecule has 3 N–H and O–H groups in total. The van der Waals surface area contributed by atoms with Crippen molar-refractivity contribution in [1.82, 2.24) is 15.6 Å². The first-order valence-corrected chi connectivity index (χ1v) is 12.1. The molecule has 8 nitrogen and oxygen atoms in total. The lowest BCUT2D eigenvalue weighted by Gasteiger charge is -2.27. The number of ketones is 1. The van der Waals surface area contributed by atoms with Crippen LogP contribution in [-0.2, 0) is 19.1 Å². The van der Waals surface area contributed by atoms with Gasteiger partial charge in [-0.1, -0.05) is 82.6 Å². The van der Waals surface area contributed by atoms with Crippen molar-refractivity contribution in [3.05, 3.63) is 60.2 Å². The third kappa shape index (κ3) is 5.64. The predicted molar refractivity (Wildman–Crippen MR) is 138 cm³/mol. The van der Waals surface area contributed by atoms with Crippen LogP contribution in [0.2, 0.25) is 0 Å². The van der Waals surface area contributed by atoms with Crippen molar-refractivity contribution in [3.63, 3.8) is 0 Å². The van der Waals surface area contributed by atoms with Gasteiger partial charge in [0.2, 0.25) is 5.91 Å². The number of Topliss-reactive ketones (excluding diaryl/α,β-unsaturated/α-hetero) is 1. The Morgan fingerprint density at radius 2 is 1.53 bits per heavy atom. The molecule has 0 fully saturated rings. The molecule has 0 spiro atoms. The topological polar surface area (TPSA) is 117 Å². The van der Waals surface area contributed by atoms with E-state index in [4.69, 9.17) is 4.74 Å². The number of carbonyl (C=O) groups is 4. The zero-order valence-electron chi connectivity index (χ0n) is 21.3. The highest BCUT2D eigenvalue weighted by Crippen LogP contribution is 2.30. The van der Waals surface area contributed by atoms with E-state index in [-0.39, 0.29) is 17.4 Å². The van der Waals surface area contributed by atoms with Crippen LogP contribution in [0.15, 0.2) is 54.6 Å². The van der Waals surface area contributed by atoms with Gasteiger partial charge in [0.25, 0.3) is 11.7 Å². The van der Waals surface area contributed by atoms with Crippen LogP contribution in [0, 0.1) is 11.8 Å². The second-order valence-electron chi connectivity index (χ2n) is 9.21. The lowest BCUT2D eigenvalue weighted by molar-refractivity contribution is -0.146. The SMILES string of the molecule is CC[C@H](C)[C@H](NC(=O)C(=O)c1c(-c2ccccc2)[nH]c2ccccc12)C(=O)N[C@H](C(=O)OC)C(C)C. The van der Waals surface area contributed by atoms with Gasteiger partial charge in [0, 0.05) is 10.9 Å². The summed E-state index contributed by atoms with van der Waals surface area (Å²) in [5.74, 6) is -3.27. The van der Waals surface area contributed by atoms with Crippen molar-refractivity contribution in [2.75, 3.05) is 7.11 Å². The maximum absolute atomic E-state index is 13.5. The first-order chi connectivity index (χ1) is 17.2. The van der Waals surface area contributed by atoms with Gasteiger partial charge < -0.3 is 20.4 Å². The highest BCUT2D eigenvalue weighted by atomic mass is 16.5. The Balaban J connectivity index is 1.93. The Morgan fingerprint density at radius 3 is 2.14 bits per heavy atom. The van der Waals surface area contributed by atoms with Gasteiger partial charge in [-0.3, -0.25) is 14.4 Å². The van der Waals surface area contributed by atoms with E-state index < -0.39 is 35.7 Å². The molecule has 0 aliphatic heterocycles. The summed E-state index contributed by atoms with van der Waals surface area (Å²) in [4.78, 5) is 55.4. The van der Waals surface area contributed by atoms with Crippen LogP contribution < -0.4 is 10.6 Å². The number of aromatic amines is 1. The van der Waals surface area contributed by atoms with Gasteiger partial charge in [-0.2, -0.15) is 0 Å². The normalized spacial score (nSPS) is 13.6. The number of fused-ring (bicyclic) bond motifs is 1. The molecule has 0 aliphatic rings. The molecule has 0 saturated carbocycles. The molecule has 3 atom stereocenters. The molecular weight excluding hydrogens is 458 g/mol. The van der Waals surface area contributed by atoms with Crippen LogP contribution in [0.25, 0.3) is 22.2 Å². The van der Waals surface area contributed by atoms with Crippen LogP contribution in [0.5, 0.6) is 0 Å². The Bertz CT molecular complexity index is 1250. The summed E-state index contributed by atoms with van der Waals surface area (Å²) >= 11 is 0. The average Bonchev–Trinajstić information content (AvgIpc) is 3.28. The maximum atomic E-state index is 13.5. The number of hydrogen-bond donors (Lipinski definition) is 3. The molecule has 0 aliphatic carbocycles. The third-order valence-corrected chi connectivity index (χ3v) is 6.40. The molecule has 3 rings (SSSR count). The van der Waals surface area contributed by atoms with E-state index in [2.05, 4.69) is 15.6 Å². The number of hydrogen-bond acceptors (Lipinski definition) is 5. The average molecular weight is 492 g/mol. The number of H-pyrrole nitrogens is 1. The van der Waals surface area contributed by atoms with E-state index in [9.17, 15) is 19.2 Å². The van der Waals surface area contributed by atoms with Crippen molar-refractivity contribution >= 4 is 34.5 Å². The molecule has 0 bridgehead atoms. The fourth-order valence-corrected chi connectivity index (χ4v) is 4.09. The number of aromatic nitrogens is 1. The van der Waals surface area contributed by atoms with Crippen molar-refractivity contribution in [1.29, 1.82) is 0 Å². The van der Waals surface area contributed by atoms with Gasteiger partial charge in [-0.05, 0) is 23.5 Å². The minimum absolute atomic E-state index is 0.226. The van der Waals surface area contributed by atoms with E-state index >= 15 is 0 Å². The fraction of sp³-hybridized carbons (Fsp3) is 0.357. The summed E-state index contributed by atoms with van der Waals surface area (Å²) in [5, 5.41) is 5.93. The van der Waals surface area contributed by atoms with Crippen LogP contribution in [0.1, 0.15) is 44.5 Å². The van der Waals surface area contributed by atoms with Gasteiger partial charge in [-0.15, -0.1) is 0 Å². The van der Waals surface area contributed by atoms with E-state index in [0.29, 0.717) is 17.5 Å². The van der Waals surface area contributed by atoms with E-state index in [1.807, 2.05) is 49.4 Å². The van der Waals surface area contributed by atoms with Crippen molar-refractivity contribution in [3.8, 4) is 11.3 Å². The second kappa shape index (κ2) is 11.7. The van der Waals surface area contributed by atoms with Gasteiger partial charge in [0.15, 0.2) is 0 Å². The summed E-state index contributed by atoms with van der Waals surface area (Å²) in [6.07, 6.45) is 0.569. The smallest absolute Gasteiger partial charge is 0.328 e. The second-order valence-corrected chi connectivity index (χ2v) is 9.21. The lowest BCUT2D eigenvalue weighted by Crippen LogP contribution is -2.56. The molecule has 2 aromatic carbocycles. The predicted octanol–water partition coefficient (Wildman–Crippen LogP) is 3.86. The Hall–Kier alpha value is -3.94. The largest absolute Gasteiger partial charge is 0.467 e. The van der Waals surface area contributed by atoms with Crippen molar-refractivity contribution < 1.29 is 23.9 Å². The van der Waals surface area contributed by atoms with Crippen molar-refractivity contribution in [2.24, 2.45) is 11.8 Å². The van der Waals surface area contributed by atoms with E-state index in [0.717, 1.165) is 11.1 Å². The molecular formula is C28H33N3O5. The third-order valence-electron chi connectivity index (χ3n) is 6.40. The molecule has 8 heteroatoms. The number of carbonyl (C=O) groups excluding carboxylic acids is 4. The fourth-order valence-electron chi connectivity index (χ4n) is 4.09. The Kier molecular flexibility index (Phi) is 8.64. The molecule has 2 amide bonds. The minimum atomic E-state index is -1.01. The van der Waals surface area contributed by atoms with Crippen molar-refractivity contribution in [2.45, 2.75) is 46.2 Å². The first-order valence-electron chi connectivity index (χ1n) is 12.1. The zero-order chi connectivity index (χ0) is 26.4. The summed E-state index contributed by atoms with van der Waals surface area (Å²) in [6.45, 7) is 7.25. The molecule has 1 aromatic heterocycles. The highest BCUT2D eigenvalue weighted by Gasteiger charge is 2.34. The van der Waals surface area contributed by atoms with Gasteiger partial charge in [0.05, 0.1) is 18.4 Å². The quantitative estimate of drug-likeness (QED) is 0.226. The van der Waals surface area contributed by atoms with Gasteiger partial charge in [-0.25, -0.2) is 4.79 Å². The molecule has 36 heavy (non-hydrogen) atoms. The Morgan fingerprint density at radius 1 is 0.889 bits per heavy atom. The lowest BCUT2D eigenvalue weighted by atomic mass is 9.95. The number of para-hydroxylation sites is 1. The molecule has 0 radical (unpaired) electrons. The molecule has 190 valence electrons. The summed E-state index contributed by atoms with van der Waals surface area (Å²) in [5.41, 5.74) is 2.26. The summed E-state index contributed by atoms with van der Waals surface area (Å²) in [7, 11) is 1.25. The maximum Gasteiger partial charge on any atom is 0.328 e. The van der Waals surface area contributed by atoms with Crippen LogP contribution in [0.4, 0.5) is 0 Å². The summed E-state index contributed by atoms with van der Waals surface area (Å²) in [6, 6.07) is 14.7. The van der Waals surface area contributed by atoms with Gasteiger partial charge in [0.1, 0.15) is 12.1 Å². The number of ether oxygens (including phenoxy) is 1. The van der Waals surface area contributed by atoms with E-state index in [1.54, 1.807) is 32.9 Å². The highest BCUT2D eigenvalue weighted by molar-refractivity contribution is 6.46. The number of nitrogens with one attached hydrogen (secondary N) is 3. The standard InChI is InChI=1S/C28H33N3O5/c1-6-17(4)23(26(33)30-22(16(2)3)28(35)36-5)31-27(34)25(32)21-19-14-10-11-15-20(19)29-24(21)18-12-8-7-9-13-18/h7-17,22-23,29H,6H2,1-5H3,(H,30,33)(H,31,34)/t17-,22-,23-/m0/s1. The van der Waals surface area contributed by atoms with Crippen LogP contribution >= 0.6 is 0 Å².